The number of hydrogen-bond donors (Lipinski definition) is 0. The van der Waals surface area contributed by atoms with Crippen LogP contribution in [-0.2, 0) is 6.42 Å². The molecule has 0 spiro atoms. The van der Waals surface area contributed by atoms with Gasteiger partial charge in [-0.25, -0.2) is 4.98 Å². The Morgan fingerprint density at radius 1 is 1.47 bits per heavy atom. The summed E-state index contributed by atoms with van der Waals surface area (Å²) >= 11 is 0. The van der Waals surface area contributed by atoms with Crippen molar-refractivity contribution in [3.8, 4) is 17.3 Å². The van der Waals surface area contributed by atoms with Crippen molar-refractivity contribution in [3.05, 3.63) is 24.2 Å². The van der Waals surface area contributed by atoms with E-state index in [0.717, 1.165) is 6.42 Å². The number of pyridine rings is 1. The first kappa shape index (κ1) is 9.64. The Morgan fingerprint density at radius 2 is 2.33 bits per heavy atom. The topological polar surface area (TPSA) is 61.0 Å². The number of ether oxygens (including phenoxy) is 1. The van der Waals surface area contributed by atoms with E-state index in [2.05, 4.69) is 15.1 Å². The van der Waals surface area contributed by atoms with E-state index in [-0.39, 0.29) is 0 Å². The molecule has 0 aliphatic carbocycles. The molecule has 0 aromatic carbocycles. The van der Waals surface area contributed by atoms with Gasteiger partial charge in [0.2, 0.25) is 0 Å². The summed E-state index contributed by atoms with van der Waals surface area (Å²) in [4.78, 5) is 8.33. The van der Waals surface area contributed by atoms with Crippen LogP contribution in [0.3, 0.4) is 0 Å². The first-order chi connectivity index (χ1) is 7.35. The van der Waals surface area contributed by atoms with Gasteiger partial charge in [-0.1, -0.05) is 12.1 Å². The molecule has 0 saturated carbocycles. The third-order valence-corrected chi connectivity index (χ3v) is 1.98. The molecule has 0 atom stereocenters. The Bertz CT molecular complexity index is 453. The number of aromatic nitrogens is 3. The Hall–Kier alpha value is -1.91. The molecule has 5 nitrogen and oxygen atoms in total. The molecule has 0 amide bonds. The molecule has 0 bridgehead atoms. The van der Waals surface area contributed by atoms with Crippen LogP contribution in [0.1, 0.15) is 12.7 Å². The highest BCUT2D eigenvalue weighted by Gasteiger charge is 2.13. The zero-order valence-electron chi connectivity index (χ0n) is 8.60. The molecular formula is C10H11N3O2. The molecule has 0 N–H and O–H groups in total. The minimum Gasteiger partial charge on any atom is -0.494 e. The third kappa shape index (κ3) is 1.81. The van der Waals surface area contributed by atoms with E-state index in [0.29, 0.717) is 23.2 Å². The second kappa shape index (κ2) is 4.08. The van der Waals surface area contributed by atoms with Gasteiger partial charge in [-0.2, -0.15) is 4.98 Å². The number of hydrogen-bond acceptors (Lipinski definition) is 5. The largest absolute Gasteiger partial charge is 0.494 e. The van der Waals surface area contributed by atoms with Crippen LogP contribution in [0.4, 0.5) is 0 Å². The average molecular weight is 205 g/mol. The molecule has 0 aliphatic rings. The lowest BCUT2D eigenvalue weighted by atomic mass is 10.3. The number of rotatable bonds is 3. The monoisotopic (exact) mass is 205 g/mol. The molecule has 0 saturated heterocycles. The molecule has 0 unspecified atom stereocenters. The average Bonchev–Trinajstić information content (AvgIpc) is 2.77. The Balaban J connectivity index is 2.44. The second-order valence-electron chi connectivity index (χ2n) is 2.92. The molecular weight excluding hydrogens is 194 g/mol. The normalized spacial score (nSPS) is 10.3. The van der Waals surface area contributed by atoms with Crippen LogP contribution >= 0.6 is 0 Å². The van der Waals surface area contributed by atoms with Crippen LogP contribution in [0.5, 0.6) is 5.75 Å². The fourth-order valence-electron chi connectivity index (χ4n) is 1.21. The molecule has 5 heteroatoms. The predicted molar refractivity (Wildman–Crippen MR) is 53.5 cm³/mol. The lowest BCUT2D eigenvalue weighted by Crippen LogP contribution is -1.91. The van der Waals surface area contributed by atoms with Gasteiger partial charge in [-0.05, 0) is 12.1 Å². The van der Waals surface area contributed by atoms with Gasteiger partial charge < -0.3 is 9.26 Å². The quantitative estimate of drug-likeness (QED) is 0.763. The number of aryl methyl sites for hydroxylation is 1. The minimum absolute atomic E-state index is 0.393. The van der Waals surface area contributed by atoms with Gasteiger partial charge >= 0.3 is 0 Å². The maximum atomic E-state index is 5.15. The van der Waals surface area contributed by atoms with E-state index in [1.54, 1.807) is 25.4 Å². The van der Waals surface area contributed by atoms with Gasteiger partial charge in [0, 0.05) is 12.6 Å². The third-order valence-electron chi connectivity index (χ3n) is 1.98. The van der Waals surface area contributed by atoms with Crippen LogP contribution in [0.25, 0.3) is 11.6 Å². The molecule has 15 heavy (non-hydrogen) atoms. The predicted octanol–water partition coefficient (Wildman–Crippen LogP) is 1.70. The maximum Gasteiger partial charge on any atom is 0.280 e. The summed E-state index contributed by atoms with van der Waals surface area (Å²) in [5, 5.41) is 3.80. The summed E-state index contributed by atoms with van der Waals surface area (Å²) in [6.45, 7) is 1.96. The van der Waals surface area contributed by atoms with Crippen molar-refractivity contribution >= 4 is 0 Å². The van der Waals surface area contributed by atoms with Crippen molar-refractivity contribution < 1.29 is 9.26 Å². The Kier molecular flexibility index (Phi) is 2.62. The van der Waals surface area contributed by atoms with Crippen molar-refractivity contribution in [3.63, 3.8) is 0 Å². The fourth-order valence-corrected chi connectivity index (χ4v) is 1.21. The van der Waals surface area contributed by atoms with E-state index < -0.39 is 0 Å². The fraction of sp³-hybridized carbons (Fsp3) is 0.300. The summed E-state index contributed by atoms with van der Waals surface area (Å²) in [5.41, 5.74) is 0.576. The van der Waals surface area contributed by atoms with Gasteiger partial charge in [-0.15, -0.1) is 0 Å². The first-order valence-electron chi connectivity index (χ1n) is 4.67. The molecule has 78 valence electrons. The molecule has 0 aliphatic heterocycles. The van der Waals surface area contributed by atoms with E-state index in [1.165, 1.54) is 0 Å². The summed E-state index contributed by atoms with van der Waals surface area (Å²) in [7, 11) is 1.58. The highest BCUT2D eigenvalue weighted by molar-refractivity contribution is 5.56. The Labute approximate surface area is 87.1 Å². The lowest BCUT2D eigenvalue weighted by Gasteiger charge is -2.01. The van der Waals surface area contributed by atoms with Crippen LogP contribution in [-0.4, -0.2) is 22.2 Å². The van der Waals surface area contributed by atoms with Crippen LogP contribution < -0.4 is 4.74 Å². The standard InChI is InChI=1S/C10H11N3O2/c1-3-8-12-10(15-13-8)9-7(14-2)5-4-6-11-9/h4-6H,3H2,1-2H3. The number of nitrogens with zero attached hydrogens (tertiary/aromatic N) is 3. The minimum atomic E-state index is 0.393. The smallest absolute Gasteiger partial charge is 0.280 e. The van der Waals surface area contributed by atoms with E-state index in [9.17, 15) is 0 Å². The van der Waals surface area contributed by atoms with Crippen LogP contribution in [0.15, 0.2) is 22.9 Å². The van der Waals surface area contributed by atoms with E-state index in [1.807, 2.05) is 6.92 Å². The highest BCUT2D eigenvalue weighted by atomic mass is 16.5. The first-order valence-corrected chi connectivity index (χ1v) is 4.67. The van der Waals surface area contributed by atoms with Gasteiger partial charge in [0.05, 0.1) is 7.11 Å². The zero-order valence-corrected chi connectivity index (χ0v) is 8.60. The molecule has 0 fully saturated rings. The van der Waals surface area contributed by atoms with Gasteiger partial charge in [0.25, 0.3) is 5.89 Å². The van der Waals surface area contributed by atoms with Crippen molar-refractivity contribution in [1.82, 2.24) is 15.1 Å². The van der Waals surface area contributed by atoms with Crippen molar-refractivity contribution in [2.75, 3.05) is 7.11 Å². The van der Waals surface area contributed by atoms with Crippen LogP contribution in [0.2, 0.25) is 0 Å². The lowest BCUT2D eigenvalue weighted by molar-refractivity contribution is 0.400. The van der Waals surface area contributed by atoms with E-state index >= 15 is 0 Å². The second-order valence-corrected chi connectivity index (χ2v) is 2.92. The molecule has 2 heterocycles. The molecule has 2 rings (SSSR count). The van der Waals surface area contributed by atoms with Gasteiger partial charge in [0.1, 0.15) is 5.75 Å². The highest BCUT2D eigenvalue weighted by Crippen LogP contribution is 2.25. The van der Waals surface area contributed by atoms with Crippen LogP contribution in [0, 0.1) is 0 Å². The SMILES string of the molecule is CCc1noc(-c2ncccc2OC)n1. The van der Waals surface area contributed by atoms with Crippen molar-refractivity contribution in [1.29, 1.82) is 0 Å². The summed E-state index contributed by atoms with van der Waals surface area (Å²) in [6, 6.07) is 3.59. The van der Waals surface area contributed by atoms with Gasteiger partial charge in [-0.3, -0.25) is 0 Å². The summed E-state index contributed by atoms with van der Waals surface area (Å²) < 4.78 is 10.2. The van der Waals surface area contributed by atoms with Gasteiger partial charge in [0.15, 0.2) is 11.5 Å². The van der Waals surface area contributed by atoms with E-state index in [4.69, 9.17) is 9.26 Å². The summed E-state index contributed by atoms with van der Waals surface area (Å²) in [6.07, 6.45) is 2.40. The molecule has 2 aromatic rings. The maximum absolute atomic E-state index is 5.15. The summed E-state index contributed by atoms with van der Waals surface area (Å²) in [5.74, 6) is 1.69. The number of methoxy groups -OCH3 is 1. The molecule has 0 radical (unpaired) electrons. The van der Waals surface area contributed by atoms with Crippen molar-refractivity contribution in [2.45, 2.75) is 13.3 Å². The zero-order chi connectivity index (χ0) is 10.7. The van der Waals surface area contributed by atoms with Crippen molar-refractivity contribution in [2.24, 2.45) is 0 Å². The Morgan fingerprint density at radius 3 is 3.00 bits per heavy atom. The molecule has 2 aromatic heterocycles.